The van der Waals surface area contributed by atoms with Crippen LogP contribution in [0.25, 0.3) is 11.3 Å². The Kier molecular flexibility index (Phi) is 4.50. The first-order valence-corrected chi connectivity index (χ1v) is 9.88. The fourth-order valence-corrected chi connectivity index (χ4v) is 3.46. The van der Waals surface area contributed by atoms with Crippen LogP contribution in [0.1, 0.15) is 57.9 Å². The number of nitrogens with zero attached hydrogens (tertiary/aromatic N) is 7. The van der Waals surface area contributed by atoms with Crippen molar-refractivity contribution in [1.82, 2.24) is 33.9 Å². The van der Waals surface area contributed by atoms with Crippen LogP contribution in [0.15, 0.2) is 37.2 Å². The fraction of sp³-hybridized carbons (Fsp3) is 0.300. The number of carbonyl (C=O) groups is 2. The summed E-state index contributed by atoms with van der Waals surface area (Å²) in [6.07, 6.45) is 10.8. The largest absolute Gasteiger partial charge is 0.476 e. The Labute approximate surface area is 175 Å². The van der Waals surface area contributed by atoms with Gasteiger partial charge in [-0.2, -0.15) is 0 Å². The summed E-state index contributed by atoms with van der Waals surface area (Å²) in [6.45, 7) is 2.30. The minimum atomic E-state index is -1.13. The minimum Gasteiger partial charge on any atom is -0.476 e. The predicted molar refractivity (Wildman–Crippen MR) is 106 cm³/mol. The summed E-state index contributed by atoms with van der Waals surface area (Å²) in [7, 11) is 0. The summed E-state index contributed by atoms with van der Waals surface area (Å²) in [5.41, 5.74) is 3.47. The first kappa shape index (κ1) is 19.0. The van der Waals surface area contributed by atoms with Crippen molar-refractivity contribution >= 4 is 17.6 Å². The number of esters is 1. The highest BCUT2D eigenvalue weighted by molar-refractivity contribution is 5.87. The van der Waals surface area contributed by atoms with Gasteiger partial charge in [0.05, 0.1) is 30.7 Å². The first-order valence-electron chi connectivity index (χ1n) is 9.88. The topological polar surface area (TPSA) is 129 Å². The normalized spacial score (nSPS) is 13.6. The van der Waals surface area contributed by atoms with Crippen molar-refractivity contribution in [2.75, 3.05) is 6.61 Å². The maximum atomic E-state index is 12.0. The van der Waals surface area contributed by atoms with Gasteiger partial charge in [0.1, 0.15) is 6.33 Å². The molecule has 1 aliphatic carbocycles. The highest BCUT2D eigenvalue weighted by atomic mass is 16.5. The quantitative estimate of drug-likeness (QED) is 0.448. The lowest BCUT2D eigenvalue weighted by Crippen LogP contribution is -2.05. The SMILES string of the molecule is CCOC(=O)c1cn(-c2cc(C3CC3)cn3cc(Cn4cc(C(=O)O)nn4)nc23)cn1. The Balaban J connectivity index is 1.53. The highest BCUT2D eigenvalue weighted by Crippen LogP contribution is 2.41. The second-order valence-electron chi connectivity index (χ2n) is 7.39. The summed E-state index contributed by atoms with van der Waals surface area (Å²) in [6, 6.07) is 2.07. The number of hydrogen-bond donors (Lipinski definition) is 1. The molecule has 5 rings (SSSR count). The number of fused-ring (bicyclic) bond motifs is 1. The third-order valence-corrected chi connectivity index (χ3v) is 5.08. The maximum absolute atomic E-state index is 12.0. The molecular formula is C20H19N7O4. The van der Waals surface area contributed by atoms with E-state index in [9.17, 15) is 9.59 Å². The van der Waals surface area contributed by atoms with Crippen LogP contribution >= 0.6 is 0 Å². The number of carboxylic acids is 1. The lowest BCUT2D eigenvalue weighted by atomic mass is 10.2. The molecule has 1 saturated carbocycles. The van der Waals surface area contributed by atoms with Crippen molar-refractivity contribution < 1.29 is 19.4 Å². The van der Waals surface area contributed by atoms with Crippen molar-refractivity contribution in [3.63, 3.8) is 0 Å². The number of pyridine rings is 1. The lowest BCUT2D eigenvalue weighted by molar-refractivity contribution is 0.0519. The molecular weight excluding hydrogens is 402 g/mol. The van der Waals surface area contributed by atoms with Gasteiger partial charge >= 0.3 is 11.9 Å². The molecule has 158 valence electrons. The van der Waals surface area contributed by atoms with Crippen molar-refractivity contribution in [3.8, 4) is 5.69 Å². The molecule has 0 aromatic carbocycles. The number of hydrogen-bond acceptors (Lipinski definition) is 7. The van der Waals surface area contributed by atoms with E-state index in [1.165, 1.54) is 16.4 Å². The molecule has 31 heavy (non-hydrogen) atoms. The van der Waals surface area contributed by atoms with Crippen LogP contribution in [0.2, 0.25) is 0 Å². The van der Waals surface area contributed by atoms with Gasteiger partial charge in [-0.15, -0.1) is 5.10 Å². The lowest BCUT2D eigenvalue weighted by Gasteiger charge is -2.08. The van der Waals surface area contributed by atoms with Crippen LogP contribution in [0.4, 0.5) is 0 Å². The van der Waals surface area contributed by atoms with E-state index in [1.54, 1.807) is 24.0 Å². The average molecular weight is 421 g/mol. The predicted octanol–water partition coefficient (Wildman–Crippen LogP) is 1.91. The summed E-state index contributed by atoms with van der Waals surface area (Å²) in [5.74, 6) is -1.09. The van der Waals surface area contributed by atoms with Gasteiger partial charge in [0, 0.05) is 18.6 Å². The molecule has 0 unspecified atom stereocenters. The maximum Gasteiger partial charge on any atom is 0.358 e. The molecule has 0 radical (unpaired) electrons. The van der Waals surface area contributed by atoms with Crippen LogP contribution in [0, 0.1) is 0 Å². The molecule has 0 bridgehead atoms. The van der Waals surface area contributed by atoms with Crippen LogP contribution in [-0.4, -0.2) is 57.6 Å². The van der Waals surface area contributed by atoms with Crippen molar-refractivity contribution in [3.05, 3.63) is 59.8 Å². The average Bonchev–Trinajstić information content (AvgIpc) is 3.14. The van der Waals surface area contributed by atoms with Gasteiger partial charge in [-0.25, -0.2) is 24.2 Å². The van der Waals surface area contributed by atoms with Crippen LogP contribution in [0.3, 0.4) is 0 Å². The van der Waals surface area contributed by atoms with E-state index >= 15 is 0 Å². The number of aromatic carboxylic acids is 1. The highest BCUT2D eigenvalue weighted by Gasteiger charge is 2.26. The van der Waals surface area contributed by atoms with Crippen molar-refractivity contribution in [2.45, 2.75) is 32.2 Å². The number of carboxylic acid groups (broad SMARTS) is 1. The molecule has 1 N–H and O–H groups in total. The van der Waals surface area contributed by atoms with E-state index in [2.05, 4.69) is 27.6 Å². The second-order valence-corrected chi connectivity index (χ2v) is 7.39. The molecule has 1 aliphatic rings. The molecule has 4 heterocycles. The molecule has 0 atom stereocenters. The first-order chi connectivity index (χ1) is 15.0. The summed E-state index contributed by atoms with van der Waals surface area (Å²) in [5, 5.41) is 16.5. The zero-order chi connectivity index (χ0) is 21.5. The zero-order valence-electron chi connectivity index (χ0n) is 16.7. The van der Waals surface area contributed by atoms with E-state index < -0.39 is 11.9 Å². The van der Waals surface area contributed by atoms with Crippen LogP contribution in [0.5, 0.6) is 0 Å². The molecule has 4 aromatic heterocycles. The van der Waals surface area contributed by atoms with Gasteiger partial charge in [-0.05, 0) is 37.3 Å². The van der Waals surface area contributed by atoms with E-state index in [0.717, 1.165) is 18.5 Å². The third-order valence-electron chi connectivity index (χ3n) is 5.08. The van der Waals surface area contributed by atoms with E-state index in [4.69, 9.17) is 14.8 Å². The Hall–Kier alpha value is -4.02. The van der Waals surface area contributed by atoms with Gasteiger partial charge in [0.15, 0.2) is 17.0 Å². The van der Waals surface area contributed by atoms with Gasteiger partial charge in [-0.1, -0.05) is 5.21 Å². The van der Waals surface area contributed by atoms with Crippen LogP contribution in [-0.2, 0) is 11.3 Å². The molecule has 4 aromatic rings. The minimum absolute atomic E-state index is 0.120. The van der Waals surface area contributed by atoms with Crippen LogP contribution < -0.4 is 0 Å². The number of aromatic nitrogens is 7. The standard InChI is InChI=1S/C20H19N7O4/c1-2-31-20(30)16-9-26(11-21-16)17-5-13(12-3-4-12)6-25-7-14(22-18(17)25)8-27-10-15(19(28)29)23-24-27/h5-7,9-12H,2-4,8H2,1H3,(H,28,29). The summed E-state index contributed by atoms with van der Waals surface area (Å²) in [4.78, 5) is 31.9. The van der Waals surface area contributed by atoms with Crippen molar-refractivity contribution in [1.29, 1.82) is 0 Å². The van der Waals surface area contributed by atoms with E-state index in [1.807, 2.05) is 10.6 Å². The molecule has 11 nitrogen and oxygen atoms in total. The van der Waals surface area contributed by atoms with Gasteiger partial charge in [0.25, 0.3) is 0 Å². The van der Waals surface area contributed by atoms with Gasteiger partial charge in [-0.3, -0.25) is 0 Å². The number of carbonyl (C=O) groups excluding carboxylic acids is 1. The zero-order valence-corrected chi connectivity index (χ0v) is 16.7. The van der Waals surface area contributed by atoms with Crippen molar-refractivity contribution in [2.24, 2.45) is 0 Å². The Morgan fingerprint density at radius 3 is 2.74 bits per heavy atom. The number of rotatable bonds is 7. The molecule has 0 saturated heterocycles. The van der Waals surface area contributed by atoms with Gasteiger partial charge in [0.2, 0.25) is 0 Å². The second kappa shape index (κ2) is 7.35. The Morgan fingerprint density at radius 1 is 1.19 bits per heavy atom. The Morgan fingerprint density at radius 2 is 2.03 bits per heavy atom. The van der Waals surface area contributed by atoms with E-state index in [0.29, 0.717) is 17.3 Å². The molecule has 0 amide bonds. The number of imidazole rings is 2. The monoisotopic (exact) mass is 421 g/mol. The summed E-state index contributed by atoms with van der Waals surface area (Å²) < 4.78 is 10.2. The molecule has 1 fully saturated rings. The molecule has 0 spiro atoms. The molecule has 11 heteroatoms. The van der Waals surface area contributed by atoms with E-state index in [-0.39, 0.29) is 24.5 Å². The smallest absolute Gasteiger partial charge is 0.358 e. The Bertz CT molecular complexity index is 1300. The fourth-order valence-electron chi connectivity index (χ4n) is 3.46. The van der Waals surface area contributed by atoms with Gasteiger partial charge < -0.3 is 18.8 Å². The molecule has 0 aliphatic heterocycles. The third kappa shape index (κ3) is 3.65. The number of ether oxygens (including phenoxy) is 1. The summed E-state index contributed by atoms with van der Waals surface area (Å²) >= 11 is 0.